The molecular weight excluding hydrogens is 322 g/mol. The summed E-state index contributed by atoms with van der Waals surface area (Å²) in [6.07, 6.45) is 0.124. The lowest BCUT2D eigenvalue weighted by Gasteiger charge is -2.24. The summed E-state index contributed by atoms with van der Waals surface area (Å²) in [6.45, 7) is 5.26. The third-order valence-electron chi connectivity index (χ3n) is 2.91. The number of carbonyl (C=O) groups is 2. The lowest BCUT2D eigenvalue weighted by Crippen LogP contribution is -2.35. The summed E-state index contributed by atoms with van der Waals surface area (Å²) in [6, 6.07) is 2.71. The number of nitrogens with one attached hydrogen (secondary N) is 1. The molecular formula is C16H22ClNO5. The van der Waals surface area contributed by atoms with Gasteiger partial charge in [0.2, 0.25) is 0 Å². The number of carbonyl (C=O) groups excluding carboxylic acids is 2. The number of halogens is 1. The van der Waals surface area contributed by atoms with Gasteiger partial charge >= 0.3 is 6.09 Å². The molecule has 1 N–H and O–H groups in total. The average molecular weight is 344 g/mol. The van der Waals surface area contributed by atoms with Crippen LogP contribution in [0.4, 0.5) is 4.79 Å². The zero-order valence-electron chi connectivity index (χ0n) is 13.9. The molecule has 0 saturated heterocycles. The van der Waals surface area contributed by atoms with E-state index in [-0.39, 0.29) is 11.4 Å². The van der Waals surface area contributed by atoms with Crippen LogP contribution in [-0.4, -0.2) is 32.2 Å². The predicted octanol–water partition coefficient (Wildman–Crippen LogP) is 3.51. The van der Waals surface area contributed by atoms with Crippen LogP contribution >= 0.6 is 11.6 Å². The molecule has 0 aromatic heterocycles. The second kappa shape index (κ2) is 8.06. The quantitative estimate of drug-likeness (QED) is 0.800. The summed E-state index contributed by atoms with van der Waals surface area (Å²) in [4.78, 5) is 22.9. The van der Waals surface area contributed by atoms with E-state index in [1.54, 1.807) is 32.9 Å². The number of amides is 1. The number of hydrogen-bond acceptors (Lipinski definition) is 5. The molecule has 0 bridgehead atoms. The summed E-state index contributed by atoms with van der Waals surface area (Å²) in [7, 11) is 2.96. The number of alkyl carbamates (subject to hydrolysis) is 1. The lowest BCUT2D eigenvalue weighted by atomic mass is 10.0. The lowest BCUT2D eigenvalue weighted by molar-refractivity contribution is -0.108. The molecule has 1 aromatic carbocycles. The van der Waals surface area contributed by atoms with Gasteiger partial charge in [0.15, 0.2) is 11.5 Å². The fraction of sp³-hybridized carbons (Fsp3) is 0.500. The van der Waals surface area contributed by atoms with E-state index in [0.29, 0.717) is 23.3 Å². The van der Waals surface area contributed by atoms with Gasteiger partial charge in [-0.05, 0) is 32.4 Å². The molecule has 0 radical (unpaired) electrons. The summed E-state index contributed by atoms with van der Waals surface area (Å²) in [5, 5.41) is 2.92. The van der Waals surface area contributed by atoms with Gasteiger partial charge in [-0.3, -0.25) is 0 Å². The van der Waals surface area contributed by atoms with E-state index in [9.17, 15) is 9.59 Å². The van der Waals surface area contributed by atoms with Gasteiger partial charge in [0.25, 0.3) is 0 Å². The molecule has 0 aliphatic rings. The molecule has 7 heteroatoms. The van der Waals surface area contributed by atoms with Crippen molar-refractivity contribution >= 4 is 24.0 Å². The van der Waals surface area contributed by atoms with Gasteiger partial charge in [0, 0.05) is 6.42 Å². The Morgan fingerprint density at radius 1 is 1.30 bits per heavy atom. The van der Waals surface area contributed by atoms with Crippen LogP contribution in [0.5, 0.6) is 11.5 Å². The van der Waals surface area contributed by atoms with Crippen LogP contribution in [0.2, 0.25) is 5.02 Å². The van der Waals surface area contributed by atoms with Crippen molar-refractivity contribution in [3.63, 3.8) is 0 Å². The van der Waals surface area contributed by atoms with Crippen LogP contribution in [0.25, 0.3) is 0 Å². The molecule has 0 fully saturated rings. The first-order valence-corrected chi connectivity index (χ1v) is 7.44. The van der Waals surface area contributed by atoms with E-state index in [4.69, 9.17) is 25.8 Å². The van der Waals surface area contributed by atoms with Gasteiger partial charge in [0.1, 0.15) is 11.9 Å². The van der Waals surface area contributed by atoms with E-state index in [0.717, 1.165) is 0 Å². The van der Waals surface area contributed by atoms with Gasteiger partial charge in [-0.2, -0.15) is 0 Å². The molecule has 1 atom stereocenters. The van der Waals surface area contributed by atoms with Crippen LogP contribution in [0.15, 0.2) is 12.1 Å². The molecule has 0 spiro atoms. The molecule has 1 amide bonds. The third kappa shape index (κ3) is 5.32. The molecule has 0 saturated carbocycles. The number of methoxy groups -OCH3 is 2. The monoisotopic (exact) mass is 343 g/mol. The van der Waals surface area contributed by atoms with Crippen molar-refractivity contribution in [2.75, 3.05) is 14.2 Å². The second-order valence-electron chi connectivity index (χ2n) is 5.81. The summed E-state index contributed by atoms with van der Waals surface area (Å²) < 4.78 is 15.6. The Balaban J connectivity index is 3.11. The first-order valence-electron chi connectivity index (χ1n) is 7.07. The fourth-order valence-corrected chi connectivity index (χ4v) is 2.35. The van der Waals surface area contributed by atoms with Crippen LogP contribution in [0.1, 0.15) is 38.8 Å². The van der Waals surface area contributed by atoms with Crippen molar-refractivity contribution in [2.45, 2.75) is 38.8 Å². The van der Waals surface area contributed by atoms with Crippen molar-refractivity contribution in [1.29, 1.82) is 0 Å². The molecule has 0 heterocycles. The number of hydrogen-bond donors (Lipinski definition) is 1. The molecule has 1 rings (SSSR count). The largest absolute Gasteiger partial charge is 0.493 e. The summed E-state index contributed by atoms with van der Waals surface area (Å²) >= 11 is 6.33. The zero-order chi connectivity index (χ0) is 17.6. The van der Waals surface area contributed by atoms with Crippen molar-refractivity contribution in [3.05, 3.63) is 22.7 Å². The molecule has 23 heavy (non-hydrogen) atoms. The minimum atomic E-state index is -0.642. The maximum atomic E-state index is 12.0. The molecule has 128 valence electrons. The topological polar surface area (TPSA) is 73.9 Å². The SMILES string of the molecule is COc1ccc([C@@H](CC=O)NC(=O)OC(C)(C)C)c(Cl)c1OC. The Bertz CT molecular complexity index is 568. The minimum absolute atomic E-state index is 0.0500. The second-order valence-corrected chi connectivity index (χ2v) is 6.18. The average Bonchev–Trinajstić information content (AvgIpc) is 2.44. The fourth-order valence-electron chi connectivity index (χ4n) is 1.98. The predicted molar refractivity (Wildman–Crippen MR) is 87.3 cm³/mol. The van der Waals surface area contributed by atoms with Gasteiger partial charge < -0.3 is 24.3 Å². The molecule has 6 nitrogen and oxygen atoms in total. The van der Waals surface area contributed by atoms with Gasteiger partial charge in [-0.25, -0.2) is 4.79 Å². The van der Waals surface area contributed by atoms with Gasteiger partial charge in [-0.1, -0.05) is 17.7 Å². The zero-order valence-corrected chi connectivity index (χ0v) is 14.7. The van der Waals surface area contributed by atoms with Crippen molar-refractivity contribution in [2.24, 2.45) is 0 Å². The molecule has 0 unspecified atom stereocenters. The maximum Gasteiger partial charge on any atom is 0.408 e. The smallest absolute Gasteiger partial charge is 0.408 e. The summed E-state index contributed by atoms with van der Waals surface area (Å²) in [5.41, 5.74) is -0.0979. The number of benzene rings is 1. The van der Waals surface area contributed by atoms with Crippen molar-refractivity contribution < 1.29 is 23.8 Å². The standard InChI is InChI=1S/C16H22ClNO5/c1-16(2,3)23-15(20)18-11(8-9-19)10-6-7-12(21-4)14(22-5)13(10)17/h6-7,9,11H,8H2,1-5H3,(H,18,20)/t11-/m1/s1. The highest BCUT2D eigenvalue weighted by molar-refractivity contribution is 6.33. The normalized spacial score (nSPS) is 12.3. The van der Waals surface area contributed by atoms with E-state index in [1.165, 1.54) is 14.2 Å². The Hall–Kier alpha value is -1.95. The Labute approximate surface area is 141 Å². The molecule has 0 aliphatic carbocycles. The van der Waals surface area contributed by atoms with E-state index < -0.39 is 17.7 Å². The Kier molecular flexibility index (Phi) is 6.69. The number of ether oxygens (including phenoxy) is 3. The third-order valence-corrected chi connectivity index (χ3v) is 3.30. The molecule has 1 aromatic rings. The highest BCUT2D eigenvalue weighted by Crippen LogP contribution is 2.40. The van der Waals surface area contributed by atoms with Crippen LogP contribution < -0.4 is 14.8 Å². The van der Waals surface area contributed by atoms with Crippen LogP contribution in [-0.2, 0) is 9.53 Å². The molecule has 0 aliphatic heterocycles. The number of rotatable bonds is 6. The van der Waals surface area contributed by atoms with E-state index >= 15 is 0 Å². The van der Waals surface area contributed by atoms with Gasteiger partial charge in [0.05, 0.1) is 25.3 Å². The highest BCUT2D eigenvalue weighted by Gasteiger charge is 2.24. The first kappa shape index (κ1) is 19.1. The van der Waals surface area contributed by atoms with E-state index in [1.807, 2.05) is 0 Å². The number of aldehydes is 1. The van der Waals surface area contributed by atoms with Gasteiger partial charge in [-0.15, -0.1) is 0 Å². The van der Waals surface area contributed by atoms with Crippen LogP contribution in [0.3, 0.4) is 0 Å². The van der Waals surface area contributed by atoms with Crippen molar-refractivity contribution in [3.8, 4) is 11.5 Å². The van der Waals surface area contributed by atoms with E-state index in [2.05, 4.69) is 5.32 Å². The van der Waals surface area contributed by atoms with Crippen LogP contribution in [0, 0.1) is 0 Å². The first-order chi connectivity index (χ1) is 10.7. The highest BCUT2D eigenvalue weighted by atomic mass is 35.5. The summed E-state index contributed by atoms with van der Waals surface area (Å²) in [5.74, 6) is 0.803. The Morgan fingerprint density at radius 3 is 2.43 bits per heavy atom. The van der Waals surface area contributed by atoms with Crippen molar-refractivity contribution in [1.82, 2.24) is 5.32 Å². The maximum absolute atomic E-state index is 12.0. The Morgan fingerprint density at radius 2 is 1.96 bits per heavy atom. The minimum Gasteiger partial charge on any atom is -0.493 e.